The largest absolute Gasteiger partial charge is 0.369 e. The second kappa shape index (κ2) is 8.42. The van der Waals surface area contributed by atoms with Crippen molar-refractivity contribution in [2.24, 2.45) is 0 Å². The van der Waals surface area contributed by atoms with Gasteiger partial charge in [0.05, 0.1) is 17.6 Å². The Morgan fingerprint density at radius 1 is 1.27 bits per heavy atom. The minimum absolute atomic E-state index is 0.0856. The summed E-state index contributed by atoms with van der Waals surface area (Å²) in [6.45, 7) is 13.6. The summed E-state index contributed by atoms with van der Waals surface area (Å²) >= 11 is 3.36. The molecule has 1 N–H and O–H groups in total. The van der Waals surface area contributed by atoms with Gasteiger partial charge in [-0.25, -0.2) is 9.97 Å². The lowest BCUT2D eigenvalue weighted by atomic mass is 9.90. The SMILES string of the molecule is CCN(CC)CCNc1nc(SC)nc2sc3c(c12)C[C@](C)(CC)OC3. The average molecular weight is 395 g/mol. The molecule has 0 aliphatic carbocycles. The van der Waals surface area contributed by atoms with E-state index in [-0.39, 0.29) is 5.60 Å². The first-order valence-corrected chi connectivity index (χ1v) is 11.5. The van der Waals surface area contributed by atoms with Gasteiger partial charge in [0.25, 0.3) is 0 Å². The molecule has 1 aliphatic rings. The van der Waals surface area contributed by atoms with Crippen LogP contribution in [0.2, 0.25) is 0 Å². The predicted octanol–water partition coefficient (Wildman–Crippen LogP) is 4.41. The van der Waals surface area contributed by atoms with E-state index in [1.807, 2.05) is 6.26 Å². The number of nitrogens with zero attached hydrogens (tertiary/aromatic N) is 3. The lowest BCUT2D eigenvalue weighted by Gasteiger charge is -2.33. The van der Waals surface area contributed by atoms with Gasteiger partial charge in [-0.2, -0.15) is 0 Å². The van der Waals surface area contributed by atoms with Crippen molar-refractivity contribution in [3.63, 3.8) is 0 Å². The predicted molar refractivity (Wildman–Crippen MR) is 113 cm³/mol. The molecule has 2 aromatic heterocycles. The summed E-state index contributed by atoms with van der Waals surface area (Å²) in [6, 6.07) is 0. The zero-order valence-electron chi connectivity index (χ0n) is 16.5. The van der Waals surface area contributed by atoms with Crippen LogP contribution >= 0.6 is 23.1 Å². The van der Waals surface area contributed by atoms with E-state index in [0.717, 1.165) is 54.8 Å². The topological polar surface area (TPSA) is 50.3 Å². The lowest BCUT2D eigenvalue weighted by Crippen LogP contribution is -2.34. The highest BCUT2D eigenvalue weighted by molar-refractivity contribution is 7.98. The van der Waals surface area contributed by atoms with Crippen LogP contribution in [-0.4, -0.2) is 52.9 Å². The Labute approximate surface area is 164 Å². The highest BCUT2D eigenvalue weighted by Gasteiger charge is 2.33. The summed E-state index contributed by atoms with van der Waals surface area (Å²) in [5.41, 5.74) is 1.30. The van der Waals surface area contributed by atoms with Crippen LogP contribution in [0.1, 0.15) is 44.6 Å². The van der Waals surface area contributed by atoms with E-state index in [1.54, 1.807) is 23.1 Å². The van der Waals surface area contributed by atoms with E-state index < -0.39 is 0 Å². The van der Waals surface area contributed by atoms with Crippen LogP contribution < -0.4 is 5.32 Å². The normalized spacial score (nSPS) is 19.9. The van der Waals surface area contributed by atoms with Gasteiger partial charge in [0, 0.05) is 24.4 Å². The van der Waals surface area contributed by atoms with Crippen LogP contribution in [0.25, 0.3) is 10.2 Å². The Morgan fingerprint density at radius 2 is 2.04 bits per heavy atom. The Hall–Kier alpha value is -0.890. The van der Waals surface area contributed by atoms with Gasteiger partial charge in [-0.05, 0) is 38.3 Å². The van der Waals surface area contributed by atoms with Gasteiger partial charge in [-0.15, -0.1) is 11.3 Å². The number of thioether (sulfide) groups is 1. The number of ether oxygens (including phenoxy) is 1. The van der Waals surface area contributed by atoms with Crippen molar-refractivity contribution in [1.29, 1.82) is 0 Å². The van der Waals surface area contributed by atoms with E-state index in [4.69, 9.17) is 14.7 Å². The van der Waals surface area contributed by atoms with Gasteiger partial charge in [0.15, 0.2) is 5.16 Å². The molecule has 0 radical (unpaired) electrons. The lowest BCUT2D eigenvalue weighted by molar-refractivity contribution is -0.0542. The molecule has 7 heteroatoms. The fourth-order valence-electron chi connectivity index (χ4n) is 3.37. The number of nitrogens with one attached hydrogen (secondary N) is 1. The summed E-state index contributed by atoms with van der Waals surface area (Å²) in [5, 5.41) is 5.65. The highest BCUT2D eigenvalue weighted by Crippen LogP contribution is 2.42. The smallest absolute Gasteiger partial charge is 0.190 e. The average Bonchev–Trinajstić information content (AvgIpc) is 3.02. The van der Waals surface area contributed by atoms with Gasteiger partial charge in [-0.3, -0.25) is 0 Å². The molecule has 0 unspecified atom stereocenters. The van der Waals surface area contributed by atoms with Crippen molar-refractivity contribution in [2.75, 3.05) is 37.8 Å². The van der Waals surface area contributed by atoms with E-state index in [1.165, 1.54) is 15.8 Å². The third-order valence-corrected chi connectivity index (χ3v) is 7.01. The van der Waals surface area contributed by atoms with E-state index in [9.17, 15) is 0 Å². The molecule has 1 atom stereocenters. The quantitative estimate of drug-likeness (QED) is 0.529. The van der Waals surface area contributed by atoms with Gasteiger partial charge in [-0.1, -0.05) is 32.5 Å². The fraction of sp³-hybridized carbons (Fsp3) is 0.684. The van der Waals surface area contributed by atoms with Crippen molar-refractivity contribution in [1.82, 2.24) is 14.9 Å². The number of anilines is 1. The molecule has 0 fully saturated rings. The summed E-state index contributed by atoms with van der Waals surface area (Å²) in [4.78, 5) is 14.4. The number of likely N-dealkylation sites (N-methyl/N-ethyl adjacent to an activating group) is 1. The Bertz CT molecular complexity index is 760. The van der Waals surface area contributed by atoms with E-state index >= 15 is 0 Å². The molecule has 3 rings (SSSR count). The van der Waals surface area contributed by atoms with Gasteiger partial charge < -0.3 is 15.0 Å². The maximum atomic E-state index is 6.14. The number of rotatable bonds is 8. The molecular formula is C19H30N4OS2. The van der Waals surface area contributed by atoms with Gasteiger partial charge >= 0.3 is 0 Å². The van der Waals surface area contributed by atoms with Crippen LogP contribution in [0.3, 0.4) is 0 Å². The number of hydrogen-bond acceptors (Lipinski definition) is 7. The molecular weight excluding hydrogens is 364 g/mol. The standard InChI is InChI=1S/C19H30N4OS2/c1-6-19(4)11-13-14(12-24-19)26-17-15(13)16(21-18(22-17)25-5)20-9-10-23(7-2)8-3/h6-12H2,1-5H3,(H,20,21,22)/t19-/m0/s1. The molecule has 0 saturated carbocycles. The molecule has 26 heavy (non-hydrogen) atoms. The molecule has 1 aliphatic heterocycles. The van der Waals surface area contributed by atoms with Crippen molar-refractivity contribution in [3.8, 4) is 0 Å². The summed E-state index contributed by atoms with van der Waals surface area (Å²) < 4.78 is 6.14. The molecule has 144 valence electrons. The first kappa shape index (κ1) is 19.9. The van der Waals surface area contributed by atoms with Crippen molar-refractivity contribution in [3.05, 3.63) is 10.4 Å². The van der Waals surface area contributed by atoms with Crippen LogP contribution in [0.5, 0.6) is 0 Å². The van der Waals surface area contributed by atoms with E-state index in [0.29, 0.717) is 6.61 Å². The van der Waals surface area contributed by atoms with E-state index in [2.05, 4.69) is 37.9 Å². The van der Waals surface area contributed by atoms with Gasteiger partial charge in [0.1, 0.15) is 10.6 Å². The Balaban J connectivity index is 1.94. The first-order chi connectivity index (χ1) is 12.5. The summed E-state index contributed by atoms with van der Waals surface area (Å²) in [6.07, 6.45) is 3.98. The van der Waals surface area contributed by atoms with Gasteiger partial charge in [0.2, 0.25) is 0 Å². The minimum Gasteiger partial charge on any atom is -0.369 e. The van der Waals surface area contributed by atoms with Crippen molar-refractivity contribution in [2.45, 2.75) is 57.9 Å². The molecule has 0 bridgehead atoms. The summed E-state index contributed by atoms with van der Waals surface area (Å²) in [7, 11) is 0. The maximum absolute atomic E-state index is 6.14. The van der Waals surface area contributed by atoms with Crippen LogP contribution in [-0.2, 0) is 17.8 Å². The second-order valence-corrected chi connectivity index (χ2v) is 8.82. The van der Waals surface area contributed by atoms with Crippen molar-refractivity contribution >= 4 is 39.1 Å². The molecule has 0 saturated heterocycles. The number of hydrogen-bond donors (Lipinski definition) is 1. The molecule has 0 spiro atoms. The number of thiophene rings is 1. The van der Waals surface area contributed by atoms with Crippen LogP contribution in [0, 0.1) is 0 Å². The monoisotopic (exact) mass is 394 g/mol. The number of aromatic nitrogens is 2. The minimum atomic E-state index is -0.0856. The van der Waals surface area contributed by atoms with Crippen LogP contribution in [0.15, 0.2) is 5.16 Å². The molecule has 0 aromatic carbocycles. The third-order valence-electron chi connectivity index (χ3n) is 5.36. The highest BCUT2D eigenvalue weighted by atomic mass is 32.2. The number of fused-ring (bicyclic) bond motifs is 3. The van der Waals surface area contributed by atoms with Crippen LogP contribution in [0.4, 0.5) is 5.82 Å². The molecule has 5 nitrogen and oxygen atoms in total. The summed E-state index contributed by atoms with van der Waals surface area (Å²) in [5.74, 6) is 0.990. The zero-order valence-corrected chi connectivity index (χ0v) is 18.1. The molecule has 0 amide bonds. The van der Waals surface area contributed by atoms with Crippen molar-refractivity contribution < 1.29 is 4.74 Å². The molecule has 3 heterocycles. The second-order valence-electron chi connectivity index (χ2n) is 6.97. The first-order valence-electron chi connectivity index (χ1n) is 9.50. The Morgan fingerprint density at radius 3 is 2.69 bits per heavy atom. The Kier molecular flexibility index (Phi) is 6.43. The third kappa shape index (κ3) is 4.01. The molecule has 2 aromatic rings. The maximum Gasteiger partial charge on any atom is 0.190 e. The zero-order chi connectivity index (χ0) is 18.7. The fourth-order valence-corrected chi connectivity index (χ4v) is 4.90.